The number of hydrogen-bond donors (Lipinski definition) is 1. The number of carbonyl (C=O) groups excluding carboxylic acids is 2. The monoisotopic (exact) mass is 374 g/mol. The third-order valence-electron chi connectivity index (χ3n) is 4.38. The first-order chi connectivity index (χ1) is 11.5. The van der Waals surface area contributed by atoms with Crippen LogP contribution in [0.2, 0.25) is 0 Å². The van der Waals surface area contributed by atoms with Gasteiger partial charge in [-0.15, -0.1) is 0 Å². The van der Waals surface area contributed by atoms with Crippen LogP contribution in [0.15, 0.2) is 18.2 Å². The van der Waals surface area contributed by atoms with Crippen molar-refractivity contribution in [2.24, 2.45) is 5.41 Å². The van der Waals surface area contributed by atoms with Crippen LogP contribution >= 0.6 is 0 Å². The molecule has 1 aliphatic rings. The number of para-hydroxylation sites is 1. The summed E-state index contributed by atoms with van der Waals surface area (Å²) in [7, 11) is -1.77. The second kappa shape index (κ2) is 6.70. The summed E-state index contributed by atoms with van der Waals surface area (Å²) in [4.78, 5) is 26.3. The summed E-state index contributed by atoms with van der Waals surface area (Å²) in [6.45, 7) is 2.65. The van der Waals surface area contributed by atoms with Gasteiger partial charge in [-0.2, -0.15) is 0 Å². The zero-order valence-electron chi connectivity index (χ0n) is 14.2. The Kier molecular flexibility index (Phi) is 5.17. The molecule has 9 heteroatoms. The SMILES string of the molecule is CN(C(=O)C(C)(C)C(=O)Nc1c(F)cccc1F)C1CCS(=O)(=O)C1. The van der Waals surface area contributed by atoms with Gasteiger partial charge in [0.15, 0.2) is 9.84 Å². The van der Waals surface area contributed by atoms with Crippen LogP contribution in [0.25, 0.3) is 0 Å². The van der Waals surface area contributed by atoms with Crippen LogP contribution in [0, 0.1) is 17.0 Å². The lowest BCUT2D eigenvalue weighted by Gasteiger charge is -2.31. The molecule has 1 N–H and O–H groups in total. The van der Waals surface area contributed by atoms with Crippen LogP contribution in [0.3, 0.4) is 0 Å². The maximum Gasteiger partial charge on any atom is 0.239 e. The van der Waals surface area contributed by atoms with Crippen molar-refractivity contribution in [1.29, 1.82) is 0 Å². The van der Waals surface area contributed by atoms with E-state index < -0.39 is 50.4 Å². The number of carbonyl (C=O) groups is 2. The molecule has 25 heavy (non-hydrogen) atoms. The molecule has 2 amide bonds. The van der Waals surface area contributed by atoms with E-state index in [0.29, 0.717) is 6.42 Å². The van der Waals surface area contributed by atoms with Gasteiger partial charge in [0, 0.05) is 13.1 Å². The minimum absolute atomic E-state index is 0.0116. The zero-order valence-corrected chi connectivity index (χ0v) is 15.0. The topological polar surface area (TPSA) is 83.6 Å². The van der Waals surface area contributed by atoms with Crippen molar-refractivity contribution in [3.63, 3.8) is 0 Å². The third-order valence-corrected chi connectivity index (χ3v) is 6.13. The van der Waals surface area contributed by atoms with Gasteiger partial charge >= 0.3 is 0 Å². The molecule has 1 aliphatic heterocycles. The minimum atomic E-state index is -3.19. The summed E-state index contributed by atoms with van der Waals surface area (Å²) < 4.78 is 50.5. The van der Waals surface area contributed by atoms with Gasteiger partial charge < -0.3 is 10.2 Å². The predicted octanol–water partition coefficient (Wildman–Crippen LogP) is 1.57. The van der Waals surface area contributed by atoms with Gasteiger partial charge in [-0.3, -0.25) is 9.59 Å². The molecule has 138 valence electrons. The molecule has 1 aromatic carbocycles. The average molecular weight is 374 g/mol. The highest BCUT2D eigenvalue weighted by atomic mass is 32.2. The number of nitrogens with one attached hydrogen (secondary N) is 1. The fraction of sp³-hybridized carbons (Fsp3) is 0.500. The number of hydrogen-bond acceptors (Lipinski definition) is 4. The average Bonchev–Trinajstić information content (AvgIpc) is 2.89. The van der Waals surface area contributed by atoms with Crippen molar-refractivity contribution in [3.05, 3.63) is 29.8 Å². The summed E-state index contributed by atoms with van der Waals surface area (Å²) >= 11 is 0. The summed E-state index contributed by atoms with van der Waals surface area (Å²) in [5.74, 6) is -3.58. The molecule has 1 aromatic rings. The molecular formula is C16H20F2N2O4S. The largest absolute Gasteiger partial charge is 0.341 e. The molecule has 2 rings (SSSR count). The van der Waals surface area contributed by atoms with E-state index in [1.165, 1.54) is 25.8 Å². The van der Waals surface area contributed by atoms with Crippen molar-refractivity contribution >= 4 is 27.3 Å². The van der Waals surface area contributed by atoms with Crippen LogP contribution in [0.1, 0.15) is 20.3 Å². The molecule has 0 aromatic heterocycles. The molecule has 1 unspecified atom stereocenters. The number of amides is 2. The number of sulfone groups is 1. The molecule has 1 saturated heterocycles. The smallest absolute Gasteiger partial charge is 0.239 e. The van der Waals surface area contributed by atoms with E-state index in [1.54, 1.807) is 0 Å². The maximum atomic E-state index is 13.7. The van der Waals surface area contributed by atoms with Gasteiger partial charge in [-0.1, -0.05) is 6.07 Å². The van der Waals surface area contributed by atoms with Gasteiger partial charge in [0.1, 0.15) is 22.7 Å². The highest BCUT2D eigenvalue weighted by molar-refractivity contribution is 7.91. The minimum Gasteiger partial charge on any atom is -0.341 e. The molecule has 0 saturated carbocycles. The molecule has 0 bridgehead atoms. The summed E-state index contributed by atoms with van der Waals surface area (Å²) in [5, 5.41) is 2.11. The Hall–Kier alpha value is -2.03. The quantitative estimate of drug-likeness (QED) is 0.811. The second-order valence-corrected chi connectivity index (χ2v) is 8.88. The van der Waals surface area contributed by atoms with Crippen molar-refractivity contribution < 1.29 is 26.8 Å². The first-order valence-corrected chi connectivity index (χ1v) is 9.51. The molecule has 1 heterocycles. The summed E-state index contributed by atoms with van der Waals surface area (Å²) in [6.07, 6.45) is 0.296. The summed E-state index contributed by atoms with van der Waals surface area (Å²) in [6, 6.07) is 2.62. The first-order valence-electron chi connectivity index (χ1n) is 7.69. The first kappa shape index (κ1) is 19.3. The van der Waals surface area contributed by atoms with Crippen LogP contribution in [-0.2, 0) is 19.4 Å². The molecule has 1 fully saturated rings. The Morgan fingerprint density at radius 1 is 1.24 bits per heavy atom. The number of anilines is 1. The van der Waals surface area contributed by atoms with Crippen LogP contribution < -0.4 is 5.32 Å². The molecule has 6 nitrogen and oxygen atoms in total. The number of benzene rings is 1. The molecular weight excluding hydrogens is 354 g/mol. The van der Waals surface area contributed by atoms with Gasteiger partial charge in [-0.05, 0) is 32.4 Å². The lowest BCUT2D eigenvalue weighted by molar-refractivity contribution is -0.146. The van der Waals surface area contributed by atoms with Gasteiger partial charge in [0.2, 0.25) is 11.8 Å². The van der Waals surface area contributed by atoms with Gasteiger partial charge in [0.05, 0.1) is 11.5 Å². The summed E-state index contributed by atoms with van der Waals surface area (Å²) in [5.41, 5.74) is -2.25. The standard InChI is InChI=1S/C16H20F2N2O4S/c1-16(2,14(21)19-13-11(17)5-4-6-12(13)18)15(22)20(3)10-7-8-25(23,24)9-10/h4-6,10H,7-9H2,1-3H3,(H,19,21). The highest BCUT2D eigenvalue weighted by Gasteiger charge is 2.42. The van der Waals surface area contributed by atoms with E-state index in [0.717, 1.165) is 18.2 Å². The molecule has 0 aliphatic carbocycles. The third kappa shape index (κ3) is 3.97. The Labute approximate surface area is 145 Å². The van der Waals surface area contributed by atoms with E-state index in [9.17, 15) is 26.8 Å². The fourth-order valence-electron chi connectivity index (χ4n) is 2.67. The van der Waals surface area contributed by atoms with Gasteiger partial charge in [0.25, 0.3) is 0 Å². The van der Waals surface area contributed by atoms with Crippen molar-refractivity contribution in [2.75, 3.05) is 23.9 Å². The van der Waals surface area contributed by atoms with E-state index >= 15 is 0 Å². The van der Waals surface area contributed by atoms with Gasteiger partial charge in [-0.25, -0.2) is 17.2 Å². The van der Waals surface area contributed by atoms with E-state index in [2.05, 4.69) is 5.32 Å². The van der Waals surface area contributed by atoms with Crippen LogP contribution in [-0.4, -0.2) is 49.7 Å². The normalized spacial score (nSPS) is 19.5. The highest BCUT2D eigenvalue weighted by Crippen LogP contribution is 2.27. The Morgan fingerprint density at radius 3 is 2.28 bits per heavy atom. The number of nitrogens with zero attached hydrogens (tertiary/aromatic N) is 1. The molecule has 1 atom stereocenters. The Bertz CT molecular complexity index is 788. The van der Waals surface area contributed by atoms with E-state index in [1.807, 2.05) is 0 Å². The van der Waals surface area contributed by atoms with Crippen LogP contribution in [0.4, 0.5) is 14.5 Å². The van der Waals surface area contributed by atoms with Crippen LogP contribution in [0.5, 0.6) is 0 Å². The lowest BCUT2D eigenvalue weighted by atomic mass is 9.89. The maximum absolute atomic E-state index is 13.7. The Morgan fingerprint density at radius 2 is 1.80 bits per heavy atom. The Balaban J connectivity index is 2.16. The molecule has 0 spiro atoms. The zero-order chi connectivity index (χ0) is 19.0. The number of rotatable bonds is 4. The lowest BCUT2D eigenvalue weighted by Crippen LogP contribution is -2.49. The van der Waals surface area contributed by atoms with E-state index in [-0.39, 0.29) is 11.5 Å². The van der Waals surface area contributed by atoms with E-state index in [4.69, 9.17) is 0 Å². The van der Waals surface area contributed by atoms with Crippen molar-refractivity contribution in [3.8, 4) is 0 Å². The number of halogens is 2. The van der Waals surface area contributed by atoms with Crippen molar-refractivity contribution in [1.82, 2.24) is 4.90 Å². The van der Waals surface area contributed by atoms with Crippen molar-refractivity contribution in [2.45, 2.75) is 26.3 Å². The fourth-order valence-corrected chi connectivity index (χ4v) is 4.45. The second-order valence-electron chi connectivity index (χ2n) is 6.65. The molecule has 0 radical (unpaired) electrons. The predicted molar refractivity (Wildman–Crippen MR) is 88.6 cm³/mol.